The molecule has 2 fully saturated rings. The van der Waals surface area contributed by atoms with Crippen LogP contribution in [-0.4, -0.2) is 66.2 Å². The minimum Gasteiger partial charge on any atom is -0.494 e. The summed E-state index contributed by atoms with van der Waals surface area (Å²) in [5.41, 5.74) is -0.167. The number of hydrogen-bond acceptors (Lipinski definition) is 10. The average molecular weight is 742 g/mol. The van der Waals surface area contributed by atoms with Crippen molar-refractivity contribution in [2.45, 2.75) is 101 Å². The van der Waals surface area contributed by atoms with Gasteiger partial charge < -0.3 is 20.1 Å². The van der Waals surface area contributed by atoms with Crippen molar-refractivity contribution in [1.82, 2.24) is 25.3 Å². The quantitative estimate of drug-likeness (QED) is 0.235. The van der Waals surface area contributed by atoms with Gasteiger partial charge in [-0.05, 0) is 63.5 Å². The van der Waals surface area contributed by atoms with Gasteiger partial charge in [-0.25, -0.2) is 22.8 Å². The maximum Gasteiger partial charge on any atom is 0.259 e. The number of sulfonamides is 1. The van der Waals surface area contributed by atoms with Crippen molar-refractivity contribution in [1.29, 1.82) is 0 Å². The van der Waals surface area contributed by atoms with Crippen LogP contribution in [-0.2, 0) is 24.4 Å². The first-order chi connectivity index (χ1) is 24.3. The molecular formula is C36H44FN5O7S2. The summed E-state index contributed by atoms with van der Waals surface area (Å²) in [4.78, 5) is 49.7. The second-order valence-electron chi connectivity index (χ2n) is 14.2. The molecule has 6 rings (SSSR count). The number of allylic oxidation sites excluding steroid dienone is 1. The molecule has 2 aliphatic carbocycles. The van der Waals surface area contributed by atoms with Crippen LogP contribution in [0, 0.1) is 11.7 Å². The Hall–Kier alpha value is -4.11. The van der Waals surface area contributed by atoms with Crippen LogP contribution in [0.3, 0.4) is 0 Å². The molecule has 1 aliphatic heterocycles. The van der Waals surface area contributed by atoms with E-state index in [1.165, 1.54) is 24.5 Å². The molecule has 274 valence electrons. The van der Waals surface area contributed by atoms with Crippen molar-refractivity contribution in [2.75, 3.05) is 13.7 Å². The molecule has 0 bridgehead atoms. The van der Waals surface area contributed by atoms with Gasteiger partial charge in [0.15, 0.2) is 11.6 Å². The molecule has 3 N–H and O–H groups in total. The van der Waals surface area contributed by atoms with E-state index in [1.54, 1.807) is 19.1 Å². The Bertz CT molecular complexity index is 1980. The zero-order chi connectivity index (χ0) is 36.6. The maximum absolute atomic E-state index is 15.5. The molecule has 0 unspecified atom stereocenters. The van der Waals surface area contributed by atoms with Crippen LogP contribution in [0.2, 0.25) is 0 Å². The van der Waals surface area contributed by atoms with Gasteiger partial charge in [0.05, 0.1) is 24.2 Å². The molecule has 0 radical (unpaired) electrons. The Morgan fingerprint density at radius 1 is 1.16 bits per heavy atom. The van der Waals surface area contributed by atoms with Crippen molar-refractivity contribution in [3.63, 3.8) is 0 Å². The highest BCUT2D eigenvalue weighted by molar-refractivity contribution is 7.91. The van der Waals surface area contributed by atoms with Crippen molar-refractivity contribution in [2.24, 2.45) is 5.92 Å². The smallest absolute Gasteiger partial charge is 0.259 e. The van der Waals surface area contributed by atoms with E-state index in [4.69, 9.17) is 9.47 Å². The number of benzene rings is 1. The Kier molecular flexibility index (Phi) is 10.4. The number of pyridine rings is 1. The van der Waals surface area contributed by atoms with Crippen LogP contribution in [0.5, 0.6) is 11.5 Å². The predicted octanol–water partition coefficient (Wildman–Crippen LogP) is 5.28. The number of halogens is 1. The van der Waals surface area contributed by atoms with Crippen LogP contribution < -0.4 is 24.8 Å². The first kappa shape index (κ1) is 36.7. The number of rotatable bonds is 10. The van der Waals surface area contributed by atoms with E-state index < -0.39 is 49.9 Å². The van der Waals surface area contributed by atoms with E-state index in [1.807, 2.05) is 31.4 Å². The van der Waals surface area contributed by atoms with E-state index in [2.05, 4.69) is 25.3 Å². The van der Waals surface area contributed by atoms with Gasteiger partial charge in [-0.3, -0.25) is 19.1 Å². The first-order valence-electron chi connectivity index (χ1n) is 17.4. The number of hydrogen-bond donors (Lipinski definition) is 3. The summed E-state index contributed by atoms with van der Waals surface area (Å²) >= 11 is 1.38. The molecule has 51 heavy (non-hydrogen) atoms. The van der Waals surface area contributed by atoms with Crippen LogP contribution in [0.25, 0.3) is 21.6 Å². The normalized spacial score (nSPS) is 23.5. The zero-order valence-corrected chi connectivity index (χ0v) is 30.8. The Labute approximate surface area is 301 Å². The Morgan fingerprint density at radius 3 is 2.65 bits per heavy atom. The third-order valence-corrected chi connectivity index (χ3v) is 13.0. The minimum atomic E-state index is -3.95. The summed E-state index contributed by atoms with van der Waals surface area (Å²) in [7, 11) is -2.58. The van der Waals surface area contributed by atoms with Gasteiger partial charge in [0, 0.05) is 35.6 Å². The Morgan fingerprint density at radius 2 is 1.94 bits per heavy atom. The van der Waals surface area contributed by atoms with E-state index in [9.17, 15) is 22.8 Å². The highest BCUT2D eigenvalue weighted by Crippen LogP contribution is 2.47. The molecule has 3 aliphatic rings. The van der Waals surface area contributed by atoms with E-state index >= 15 is 4.39 Å². The van der Waals surface area contributed by atoms with E-state index in [-0.39, 0.29) is 49.0 Å². The lowest BCUT2D eigenvalue weighted by Crippen LogP contribution is -2.57. The maximum atomic E-state index is 15.5. The average Bonchev–Trinajstić information content (AvgIpc) is 3.95. The van der Waals surface area contributed by atoms with Gasteiger partial charge in [-0.15, -0.1) is 11.3 Å². The number of methoxy groups -OCH3 is 1. The third-order valence-electron chi connectivity index (χ3n) is 9.95. The Balaban J connectivity index is 1.25. The lowest BCUT2D eigenvalue weighted by atomic mass is 10.1. The molecule has 3 amide bonds. The molecule has 15 heteroatoms. The summed E-state index contributed by atoms with van der Waals surface area (Å²) in [5, 5.41) is 8.50. The van der Waals surface area contributed by atoms with Crippen LogP contribution >= 0.6 is 11.3 Å². The fourth-order valence-corrected chi connectivity index (χ4v) is 8.39. The first-order valence-corrected chi connectivity index (χ1v) is 19.7. The third kappa shape index (κ3) is 7.74. The fraction of sp³-hybridized carbons (Fsp3) is 0.528. The number of carbonyl (C=O) groups excluding carboxylic acids is 3. The largest absolute Gasteiger partial charge is 0.494 e. The SMILES string of the molecule is COc1ccc2c(OCC[C@@H]3NC(=O)CCCCCC=C[C@@H]4C[C@@]4(C(=O)NS(=O)(=O)C4(C)CC4)NC3=O)cc(-c3nc(C(C)C)cs3)nc2c1F. The number of ether oxygens (including phenoxy) is 2. The van der Waals surface area contributed by atoms with Gasteiger partial charge in [-0.1, -0.05) is 32.4 Å². The van der Waals surface area contributed by atoms with Crippen LogP contribution in [0.15, 0.2) is 35.7 Å². The van der Waals surface area contributed by atoms with Crippen LogP contribution in [0.1, 0.15) is 90.2 Å². The highest BCUT2D eigenvalue weighted by Gasteiger charge is 2.62. The van der Waals surface area contributed by atoms with Gasteiger partial charge in [0.2, 0.25) is 21.8 Å². The molecule has 3 heterocycles. The predicted molar refractivity (Wildman–Crippen MR) is 191 cm³/mol. The molecular weight excluding hydrogens is 698 g/mol. The van der Waals surface area contributed by atoms with Gasteiger partial charge in [-0.2, -0.15) is 0 Å². The number of carbonyl (C=O) groups is 3. The summed E-state index contributed by atoms with van der Waals surface area (Å²) < 4.78 is 54.1. The second-order valence-corrected chi connectivity index (χ2v) is 17.2. The summed E-state index contributed by atoms with van der Waals surface area (Å²) in [6, 6.07) is 3.68. The molecule has 2 aromatic heterocycles. The van der Waals surface area contributed by atoms with E-state index in [0.29, 0.717) is 41.1 Å². The zero-order valence-electron chi connectivity index (χ0n) is 29.2. The second kappa shape index (κ2) is 14.5. The fourth-order valence-electron chi connectivity index (χ4n) is 6.14. The van der Waals surface area contributed by atoms with E-state index in [0.717, 1.165) is 25.0 Å². The molecule has 0 saturated heterocycles. The number of amides is 3. The summed E-state index contributed by atoms with van der Waals surface area (Å²) in [5.74, 6) is -2.31. The minimum absolute atomic E-state index is 0.00131. The van der Waals surface area contributed by atoms with Crippen molar-refractivity contribution in [3.05, 3.63) is 47.2 Å². The van der Waals surface area contributed by atoms with Gasteiger partial charge in [0.1, 0.15) is 33.5 Å². The molecule has 2 saturated carbocycles. The van der Waals surface area contributed by atoms with Crippen molar-refractivity contribution >= 4 is 50.0 Å². The number of thiazole rings is 1. The van der Waals surface area contributed by atoms with Crippen molar-refractivity contribution < 1.29 is 36.7 Å². The number of nitrogens with zero attached hydrogens (tertiary/aromatic N) is 2. The molecule has 0 spiro atoms. The lowest BCUT2D eigenvalue weighted by molar-refractivity contribution is -0.132. The molecule has 12 nitrogen and oxygen atoms in total. The molecule has 3 atom stereocenters. The molecule has 1 aromatic carbocycles. The monoisotopic (exact) mass is 741 g/mol. The van der Waals surface area contributed by atoms with Gasteiger partial charge in [0.25, 0.3) is 5.91 Å². The van der Waals surface area contributed by atoms with Crippen LogP contribution in [0.4, 0.5) is 4.39 Å². The lowest BCUT2D eigenvalue weighted by Gasteiger charge is -2.24. The number of aromatic nitrogens is 2. The topological polar surface area (TPSA) is 166 Å². The number of fused-ring (bicyclic) bond motifs is 2. The van der Waals surface area contributed by atoms with Crippen molar-refractivity contribution in [3.8, 4) is 22.2 Å². The summed E-state index contributed by atoms with van der Waals surface area (Å²) in [6.45, 7) is 5.56. The van der Waals surface area contributed by atoms with Gasteiger partial charge >= 0.3 is 0 Å². The standard InChI is InChI=1S/C36H44FN5O7S2/c1-21(2)26-20-50-33(40-26)25-18-28(23-12-13-27(48-4)30(37)31(23)39-25)49-17-14-24-32(44)41-36(34(45)42-51(46,47)35(3)15-16-35)19-22(36)10-8-6-5-7-9-11-29(43)38-24/h8,10,12-13,18,20-22,24H,5-7,9,11,14-17,19H2,1-4H3,(H,38,43)(H,41,44)(H,42,45)/t22-,24+,36-/m1/s1. The summed E-state index contributed by atoms with van der Waals surface area (Å²) in [6.07, 6.45) is 8.18. The number of nitrogens with one attached hydrogen (secondary N) is 3. The highest BCUT2D eigenvalue weighted by atomic mass is 32.2. The molecule has 3 aromatic rings.